The molecule has 1 aromatic heterocycles. The largest absolute Gasteiger partial charge is 0.481 e. The maximum Gasteiger partial charge on any atom is 0.314 e. The molecule has 0 bridgehead atoms. The van der Waals surface area contributed by atoms with Crippen molar-refractivity contribution in [3.8, 4) is 22.5 Å². The first-order valence-corrected chi connectivity index (χ1v) is 8.18. The summed E-state index contributed by atoms with van der Waals surface area (Å²) in [6, 6.07) is 15.7. The van der Waals surface area contributed by atoms with Crippen LogP contribution in [0, 0.1) is 6.92 Å². The van der Waals surface area contributed by atoms with Crippen LogP contribution in [-0.2, 0) is 10.2 Å². The van der Waals surface area contributed by atoms with E-state index in [-0.39, 0.29) is 0 Å². The molecule has 0 unspecified atom stereocenters. The van der Waals surface area contributed by atoms with E-state index in [4.69, 9.17) is 10.3 Å². The van der Waals surface area contributed by atoms with Gasteiger partial charge in [-0.1, -0.05) is 53.7 Å². The number of nitrogens with zero attached hydrogens (tertiary/aromatic N) is 1. The van der Waals surface area contributed by atoms with Crippen LogP contribution in [0.2, 0.25) is 0 Å². The third-order valence-electron chi connectivity index (χ3n) is 4.99. The number of aromatic nitrogens is 1. The summed E-state index contributed by atoms with van der Waals surface area (Å²) in [7, 11) is 0. The molecule has 0 atom stereocenters. The number of benzene rings is 2. The maximum atomic E-state index is 11.4. The van der Waals surface area contributed by atoms with Gasteiger partial charge in [0.25, 0.3) is 0 Å². The summed E-state index contributed by atoms with van der Waals surface area (Å²) < 4.78 is 5.28. The number of carboxylic acid groups (broad SMARTS) is 1. The van der Waals surface area contributed by atoms with Crippen molar-refractivity contribution in [1.29, 1.82) is 0 Å². The van der Waals surface area contributed by atoms with Gasteiger partial charge in [-0.2, -0.15) is 0 Å². The van der Waals surface area contributed by atoms with Crippen LogP contribution >= 0.6 is 0 Å². The Bertz CT molecular complexity index is 936. The number of nitrogens with two attached hydrogens (primary N) is 1. The summed E-state index contributed by atoms with van der Waals surface area (Å²) >= 11 is 0. The molecule has 0 aliphatic heterocycles. The monoisotopic (exact) mass is 334 g/mol. The van der Waals surface area contributed by atoms with Gasteiger partial charge in [0.2, 0.25) is 0 Å². The Morgan fingerprint density at radius 1 is 1.04 bits per heavy atom. The van der Waals surface area contributed by atoms with E-state index in [1.54, 1.807) is 0 Å². The van der Waals surface area contributed by atoms with Crippen molar-refractivity contribution in [3.05, 3.63) is 59.8 Å². The Hall–Kier alpha value is -3.08. The van der Waals surface area contributed by atoms with Gasteiger partial charge in [-0.05, 0) is 36.5 Å². The van der Waals surface area contributed by atoms with Crippen LogP contribution in [0.5, 0.6) is 0 Å². The number of nitrogen functional groups attached to an aromatic ring is 1. The molecule has 25 heavy (non-hydrogen) atoms. The van der Waals surface area contributed by atoms with Crippen molar-refractivity contribution in [2.24, 2.45) is 0 Å². The molecule has 1 aliphatic carbocycles. The highest BCUT2D eigenvalue weighted by Crippen LogP contribution is 2.48. The fraction of sp³-hybridized carbons (Fsp3) is 0.200. The Morgan fingerprint density at radius 3 is 2.00 bits per heavy atom. The van der Waals surface area contributed by atoms with E-state index < -0.39 is 11.4 Å². The molecule has 4 rings (SSSR count). The van der Waals surface area contributed by atoms with Crippen LogP contribution in [0.25, 0.3) is 22.5 Å². The standard InChI is InChI=1S/C20H18N2O3/c1-12-17(21)18(25-22-12)15-4-2-13(3-5-15)14-6-8-16(9-7-14)20(10-11-20)19(23)24/h2-9H,10-11,21H2,1H3,(H,23,24). The average Bonchev–Trinajstić information content (AvgIpc) is 3.38. The van der Waals surface area contributed by atoms with Crippen LogP contribution in [0.3, 0.4) is 0 Å². The lowest BCUT2D eigenvalue weighted by Gasteiger charge is -2.11. The van der Waals surface area contributed by atoms with E-state index in [9.17, 15) is 9.90 Å². The summed E-state index contributed by atoms with van der Waals surface area (Å²) in [6.45, 7) is 1.81. The quantitative estimate of drug-likeness (QED) is 0.752. The highest BCUT2D eigenvalue weighted by Gasteiger charge is 2.51. The van der Waals surface area contributed by atoms with Gasteiger partial charge >= 0.3 is 5.97 Å². The second-order valence-electron chi connectivity index (χ2n) is 6.55. The van der Waals surface area contributed by atoms with Crippen molar-refractivity contribution < 1.29 is 14.4 Å². The van der Waals surface area contributed by atoms with E-state index >= 15 is 0 Å². The molecule has 3 aromatic rings. The third kappa shape index (κ3) is 2.48. The Balaban J connectivity index is 1.60. The number of anilines is 1. The van der Waals surface area contributed by atoms with Gasteiger partial charge < -0.3 is 15.4 Å². The number of carbonyl (C=O) groups is 1. The highest BCUT2D eigenvalue weighted by atomic mass is 16.5. The maximum absolute atomic E-state index is 11.4. The molecule has 5 heteroatoms. The predicted molar refractivity (Wildman–Crippen MR) is 95.1 cm³/mol. The van der Waals surface area contributed by atoms with Gasteiger partial charge in [-0.3, -0.25) is 4.79 Å². The lowest BCUT2D eigenvalue weighted by Crippen LogP contribution is -2.19. The first kappa shape index (κ1) is 15.4. The highest BCUT2D eigenvalue weighted by molar-refractivity contribution is 5.85. The van der Waals surface area contributed by atoms with E-state index in [0.717, 1.165) is 22.3 Å². The van der Waals surface area contributed by atoms with Crippen molar-refractivity contribution in [3.63, 3.8) is 0 Å². The summed E-state index contributed by atoms with van der Waals surface area (Å²) in [5.41, 5.74) is 10.4. The molecule has 5 nitrogen and oxygen atoms in total. The molecule has 2 aromatic carbocycles. The van der Waals surface area contributed by atoms with Crippen molar-refractivity contribution in [2.45, 2.75) is 25.2 Å². The van der Waals surface area contributed by atoms with Gasteiger partial charge in [0.05, 0.1) is 5.41 Å². The SMILES string of the molecule is Cc1noc(-c2ccc(-c3ccc(C4(C(=O)O)CC4)cc3)cc2)c1N. The van der Waals surface area contributed by atoms with Crippen LogP contribution in [0.4, 0.5) is 5.69 Å². The summed E-state index contributed by atoms with van der Waals surface area (Å²) in [6.07, 6.45) is 1.43. The van der Waals surface area contributed by atoms with E-state index in [2.05, 4.69) is 5.16 Å². The number of hydrogen-bond acceptors (Lipinski definition) is 4. The number of hydrogen-bond donors (Lipinski definition) is 2. The molecular formula is C20H18N2O3. The fourth-order valence-corrected chi connectivity index (χ4v) is 3.13. The van der Waals surface area contributed by atoms with E-state index in [0.29, 0.717) is 30.0 Å². The van der Waals surface area contributed by atoms with Crippen molar-refractivity contribution >= 4 is 11.7 Å². The first-order valence-electron chi connectivity index (χ1n) is 8.18. The third-order valence-corrected chi connectivity index (χ3v) is 4.99. The predicted octanol–water partition coefficient (Wildman–Crippen LogP) is 4.02. The topological polar surface area (TPSA) is 89.3 Å². The van der Waals surface area contributed by atoms with Gasteiger partial charge in [0.1, 0.15) is 11.4 Å². The van der Waals surface area contributed by atoms with Crippen molar-refractivity contribution in [1.82, 2.24) is 5.16 Å². The summed E-state index contributed by atoms with van der Waals surface area (Å²) in [4.78, 5) is 11.4. The molecule has 0 saturated heterocycles. The smallest absolute Gasteiger partial charge is 0.314 e. The van der Waals surface area contributed by atoms with E-state index in [1.807, 2.05) is 55.5 Å². The molecule has 126 valence electrons. The fourth-order valence-electron chi connectivity index (χ4n) is 3.13. The molecule has 1 heterocycles. The Kier molecular flexibility index (Phi) is 3.39. The molecule has 0 spiro atoms. The van der Waals surface area contributed by atoms with Crippen LogP contribution < -0.4 is 5.73 Å². The molecule has 1 saturated carbocycles. The van der Waals surface area contributed by atoms with Crippen LogP contribution in [0.15, 0.2) is 53.1 Å². The zero-order valence-corrected chi connectivity index (χ0v) is 13.8. The normalized spacial score (nSPS) is 15.1. The second kappa shape index (κ2) is 5.48. The van der Waals surface area contributed by atoms with Gasteiger partial charge in [-0.15, -0.1) is 0 Å². The average molecular weight is 334 g/mol. The zero-order valence-electron chi connectivity index (χ0n) is 13.8. The number of aryl methyl sites for hydroxylation is 1. The van der Waals surface area contributed by atoms with Gasteiger partial charge in [0.15, 0.2) is 5.76 Å². The zero-order chi connectivity index (χ0) is 17.6. The minimum absolute atomic E-state index is 0.556. The van der Waals surface area contributed by atoms with E-state index in [1.165, 1.54) is 0 Å². The lowest BCUT2D eigenvalue weighted by atomic mass is 9.93. The number of carboxylic acids is 1. The first-order chi connectivity index (χ1) is 12.0. The molecule has 3 N–H and O–H groups in total. The number of aliphatic carboxylic acids is 1. The summed E-state index contributed by atoms with van der Waals surface area (Å²) in [5, 5.41) is 13.3. The Morgan fingerprint density at radius 2 is 1.56 bits per heavy atom. The molecule has 1 fully saturated rings. The molecular weight excluding hydrogens is 316 g/mol. The molecule has 0 radical (unpaired) electrons. The van der Waals surface area contributed by atoms with Gasteiger partial charge in [-0.25, -0.2) is 0 Å². The Labute approximate surface area is 145 Å². The van der Waals surface area contributed by atoms with Crippen LogP contribution in [0.1, 0.15) is 24.1 Å². The minimum Gasteiger partial charge on any atom is -0.481 e. The summed E-state index contributed by atoms with van der Waals surface area (Å²) in [5.74, 6) is -0.152. The van der Waals surface area contributed by atoms with Crippen molar-refractivity contribution in [2.75, 3.05) is 5.73 Å². The molecule has 0 amide bonds. The minimum atomic E-state index is -0.732. The number of rotatable bonds is 4. The lowest BCUT2D eigenvalue weighted by molar-refractivity contribution is -0.140. The molecule has 1 aliphatic rings. The van der Waals surface area contributed by atoms with Crippen LogP contribution in [-0.4, -0.2) is 16.2 Å². The van der Waals surface area contributed by atoms with Gasteiger partial charge in [0, 0.05) is 5.56 Å². The second-order valence-corrected chi connectivity index (χ2v) is 6.55.